The maximum Gasteiger partial charge on any atom is 0.269 e. The molecule has 0 saturated heterocycles. The number of ether oxygens (including phenoxy) is 1. The van der Waals surface area contributed by atoms with Crippen LogP contribution in [0, 0.1) is 23.5 Å². The Bertz CT molecular complexity index is 1590. The zero-order chi connectivity index (χ0) is 26.8. The van der Waals surface area contributed by atoms with Gasteiger partial charge in [0.25, 0.3) is 5.91 Å². The molecule has 7 rings (SSSR count). The number of primary amides is 1. The molecule has 4 heterocycles. The van der Waals surface area contributed by atoms with Crippen molar-refractivity contribution in [3.63, 3.8) is 0 Å². The van der Waals surface area contributed by atoms with Crippen LogP contribution < -0.4 is 10.5 Å². The van der Waals surface area contributed by atoms with Crippen molar-refractivity contribution in [2.75, 3.05) is 7.11 Å². The minimum absolute atomic E-state index is 0.00108. The van der Waals surface area contributed by atoms with Crippen molar-refractivity contribution in [3.8, 4) is 29.1 Å². The van der Waals surface area contributed by atoms with E-state index in [0.717, 1.165) is 30.7 Å². The van der Waals surface area contributed by atoms with Gasteiger partial charge in [-0.15, -0.1) is 0 Å². The van der Waals surface area contributed by atoms with Crippen LogP contribution in [0.2, 0.25) is 0 Å². The summed E-state index contributed by atoms with van der Waals surface area (Å²) in [5.74, 6) is 3.78. The molecule has 2 atom stereocenters. The Hall–Kier alpha value is -4.07. The molecule has 38 heavy (non-hydrogen) atoms. The Labute approximate surface area is 216 Å². The van der Waals surface area contributed by atoms with Crippen molar-refractivity contribution >= 4 is 11.5 Å². The second kappa shape index (κ2) is 8.75. The number of aromatic nitrogens is 3. The van der Waals surface area contributed by atoms with E-state index in [-0.39, 0.29) is 34.4 Å². The summed E-state index contributed by atoms with van der Waals surface area (Å²) in [4.78, 5) is 20.9. The lowest BCUT2D eigenvalue weighted by molar-refractivity contribution is 0.0989. The van der Waals surface area contributed by atoms with Crippen LogP contribution in [0.25, 0.3) is 17.0 Å². The quantitative estimate of drug-likeness (QED) is 0.455. The van der Waals surface area contributed by atoms with Gasteiger partial charge in [0.15, 0.2) is 5.69 Å². The molecule has 2 bridgehead atoms. The van der Waals surface area contributed by atoms with Gasteiger partial charge in [-0.05, 0) is 61.4 Å². The molecule has 4 N–H and O–H groups in total. The van der Waals surface area contributed by atoms with Crippen molar-refractivity contribution < 1.29 is 28.5 Å². The van der Waals surface area contributed by atoms with Gasteiger partial charge < -0.3 is 25.3 Å². The summed E-state index contributed by atoms with van der Waals surface area (Å²) in [6, 6.07) is 3.69. The zero-order valence-electron chi connectivity index (χ0n) is 20.5. The lowest BCUT2D eigenvalue weighted by Crippen LogP contribution is -2.22. The van der Waals surface area contributed by atoms with Crippen molar-refractivity contribution in [1.82, 2.24) is 14.5 Å². The number of halogens is 2. The van der Waals surface area contributed by atoms with Gasteiger partial charge in [-0.2, -0.15) is 0 Å². The van der Waals surface area contributed by atoms with Gasteiger partial charge in [-0.3, -0.25) is 4.79 Å². The van der Waals surface area contributed by atoms with Crippen LogP contribution in [-0.2, 0) is 0 Å². The number of benzene rings is 1. The summed E-state index contributed by atoms with van der Waals surface area (Å²) in [5.41, 5.74) is 6.45. The summed E-state index contributed by atoms with van der Waals surface area (Å²) < 4.78 is 36.1. The Morgan fingerprint density at radius 2 is 2.00 bits per heavy atom. The van der Waals surface area contributed by atoms with E-state index in [4.69, 9.17) is 10.5 Å². The molecule has 2 aliphatic heterocycles. The summed E-state index contributed by atoms with van der Waals surface area (Å²) in [7, 11) is 1.33. The molecule has 1 saturated carbocycles. The van der Waals surface area contributed by atoms with E-state index >= 15 is 4.39 Å². The monoisotopic (exact) mass is 518 g/mol. The van der Waals surface area contributed by atoms with Crippen LogP contribution in [0.1, 0.15) is 77.1 Å². The van der Waals surface area contributed by atoms with Crippen molar-refractivity contribution in [2.45, 2.75) is 49.9 Å². The number of aliphatic hydroxyl groups is 2. The minimum atomic E-state index is -1.55. The van der Waals surface area contributed by atoms with E-state index in [1.807, 2.05) is 6.08 Å². The second-order valence-electron chi connectivity index (χ2n) is 9.89. The highest BCUT2D eigenvalue weighted by atomic mass is 19.1. The Morgan fingerprint density at radius 3 is 2.68 bits per heavy atom. The molecule has 10 heteroatoms. The van der Waals surface area contributed by atoms with Gasteiger partial charge in [0, 0.05) is 5.56 Å². The number of rotatable bonds is 4. The third-order valence-corrected chi connectivity index (χ3v) is 7.48. The predicted molar refractivity (Wildman–Crippen MR) is 133 cm³/mol. The fraction of sp³-hybridized carbons (Fsp3) is 0.321. The summed E-state index contributed by atoms with van der Waals surface area (Å²) in [6.07, 6.45) is 4.58. The minimum Gasteiger partial charge on any atom is -0.481 e. The molecule has 3 aromatic rings. The molecule has 194 valence electrons. The fourth-order valence-electron chi connectivity index (χ4n) is 5.55. The highest BCUT2D eigenvalue weighted by Crippen LogP contribution is 2.49. The maximum absolute atomic E-state index is 15.2. The number of aliphatic hydroxyl groups excluding tert-OH is 1. The van der Waals surface area contributed by atoms with Gasteiger partial charge in [-0.25, -0.2) is 18.7 Å². The molecular weight excluding hydrogens is 494 g/mol. The van der Waals surface area contributed by atoms with Crippen LogP contribution in [0.5, 0.6) is 5.88 Å². The molecule has 1 aromatic carbocycles. The number of nitrogens with zero attached hydrogens (tertiary/aromatic N) is 3. The number of methoxy groups -OCH3 is 1. The average molecular weight is 519 g/mol. The first-order chi connectivity index (χ1) is 18.2. The van der Waals surface area contributed by atoms with Gasteiger partial charge >= 0.3 is 0 Å². The van der Waals surface area contributed by atoms with E-state index in [2.05, 4.69) is 21.8 Å². The number of hydrogen-bond donors (Lipinski definition) is 3. The highest BCUT2D eigenvalue weighted by molar-refractivity contribution is 5.94. The van der Waals surface area contributed by atoms with Crippen molar-refractivity contribution in [1.29, 1.82) is 0 Å². The number of amides is 1. The van der Waals surface area contributed by atoms with Gasteiger partial charge in [-0.1, -0.05) is 17.9 Å². The van der Waals surface area contributed by atoms with Gasteiger partial charge in [0.2, 0.25) is 5.88 Å². The number of hydrogen-bond acceptors (Lipinski definition) is 6. The molecule has 1 amide bonds. The average Bonchev–Trinajstić information content (AvgIpc) is 3.41. The normalized spacial score (nSPS) is 19.2. The predicted octanol–water partition coefficient (Wildman–Crippen LogP) is 3.41. The van der Waals surface area contributed by atoms with Crippen molar-refractivity contribution in [3.05, 3.63) is 70.2 Å². The molecule has 0 radical (unpaired) electrons. The molecule has 1 unspecified atom stereocenters. The van der Waals surface area contributed by atoms with Gasteiger partial charge in [0.1, 0.15) is 29.2 Å². The summed E-state index contributed by atoms with van der Waals surface area (Å²) in [5, 5.41) is 22.0. The smallest absolute Gasteiger partial charge is 0.269 e. The van der Waals surface area contributed by atoms with Crippen LogP contribution in [0.4, 0.5) is 8.78 Å². The highest BCUT2D eigenvalue weighted by Gasteiger charge is 2.39. The number of allylic oxidation sites excluding steroid dienone is 2. The topological polar surface area (TPSA) is 123 Å². The standard InChI is InChI=1S/C28H24F2N4O4/c1-38-27-20(11-16(29)13-32-27)24(35)23-22(25(31)36)33-26-19-10-14(4-7-28(37)5-2-3-6-28)21(30)12-18(19)15-8-17(9-15)34(23)26/h8,10-13,17,24,35,37H,2-3,5-6,9H2,1H3,(H2,31,36)/t17?,24-/m0/s1. The molecule has 2 aliphatic carbocycles. The maximum atomic E-state index is 15.2. The molecule has 0 spiro atoms. The van der Waals surface area contributed by atoms with Crippen LogP contribution >= 0.6 is 0 Å². The first kappa shape index (κ1) is 24.3. The Morgan fingerprint density at radius 1 is 1.26 bits per heavy atom. The molecule has 2 aromatic heterocycles. The van der Waals surface area contributed by atoms with E-state index in [0.29, 0.717) is 36.2 Å². The van der Waals surface area contributed by atoms with E-state index in [9.17, 15) is 19.4 Å². The molecule has 4 aliphatic rings. The first-order valence-corrected chi connectivity index (χ1v) is 12.3. The third kappa shape index (κ3) is 3.78. The summed E-state index contributed by atoms with van der Waals surface area (Å²) >= 11 is 0. The molecule has 8 nitrogen and oxygen atoms in total. The number of carbonyl (C=O) groups excluding carboxylic acids is 1. The number of imidazole rings is 1. The Balaban J connectivity index is 1.55. The number of pyridine rings is 1. The third-order valence-electron chi connectivity index (χ3n) is 7.48. The first-order valence-electron chi connectivity index (χ1n) is 12.3. The van der Waals surface area contributed by atoms with Crippen LogP contribution in [0.3, 0.4) is 0 Å². The van der Waals surface area contributed by atoms with E-state index in [1.54, 1.807) is 10.6 Å². The molecular formula is C28H24F2N4O4. The van der Waals surface area contributed by atoms with Crippen molar-refractivity contribution in [2.24, 2.45) is 5.73 Å². The van der Waals surface area contributed by atoms with Crippen LogP contribution in [-0.4, -0.2) is 43.4 Å². The molecule has 1 fully saturated rings. The lowest BCUT2D eigenvalue weighted by Gasteiger charge is -2.28. The van der Waals surface area contributed by atoms with Crippen LogP contribution in [0.15, 0.2) is 30.5 Å². The number of carbonyl (C=O) groups is 1. The second-order valence-corrected chi connectivity index (χ2v) is 9.89. The summed E-state index contributed by atoms with van der Waals surface area (Å²) in [6.45, 7) is 0. The van der Waals surface area contributed by atoms with E-state index < -0.39 is 29.2 Å². The SMILES string of the molecule is COc1ncc(F)cc1[C@H](O)c1c(C(N)=O)nc2n1C1C=C(C1)c1cc(F)c(C#CC3(O)CCCC3)cc1-2. The van der Waals surface area contributed by atoms with Gasteiger partial charge in [0.05, 0.1) is 36.2 Å². The fourth-order valence-corrected chi connectivity index (χ4v) is 5.55. The largest absolute Gasteiger partial charge is 0.481 e. The lowest BCUT2D eigenvalue weighted by atomic mass is 9.86. The zero-order valence-corrected chi connectivity index (χ0v) is 20.5. The number of nitrogens with two attached hydrogens (primary N) is 1. The van der Waals surface area contributed by atoms with E-state index in [1.165, 1.54) is 13.2 Å². The Kier molecular flexibility index (Phi) is 5.59.